The highest BCUT2D eigenvalue weighted by atomic mass is 19.1. The molecule has 0 radical (unpaired) electrons. The van der Waals surface area contributed by atoms with Crippen LogP contribution in [0.25, 0.3) is 0 Å². The van der Waals surface area contributed by atoms with Gasteiger partial charge in [0.05, 0.1) is 5.56 Å². The van der Waals surface area contributed by atoms with E-state index >= 15 is 0 Å². The minimum absolute atomic E-state index is 0.0000401. The second kappa shape index (κ2) is 8.11. The van der Waals surface area contributed by atoms with Crippen molar-refractivity contribution in [2.75, 3.05) is 6.61 Å². The zero-order valence-electron chi connectivity index (χ0n) is 12.7. The van der Waals surface area contributed by atoms with Gasteiger partial charge in [0, 0.05) is 6.04 Å². The highest BCUT2D eigenvalue weighted by molar-refractivity contribution is 5.97. The van der Waals surface area contributed by atoms with Crippen LogP contribution in [0.15, 0.2) is 18.2 Å². The zero-order chi connectivity index (χ0) is 16.7. The van der Waals surface area contributed by atoms with E-state index in [1.165, 1.54) is 12.1 Å². The zero-order valence-corrected chi connectivity index (χ0v) is 12.7. The first-order chi connectivity index (χ1) is 10.3. The average Bonchev–Trinajstić information content (AvgIpc) is 2.47. The Kier molecular flexibility index (Phi) is 6.49. The summed E-state index contributed by atoms with van der Waals surface area (Å²) in [4.78, 5) is 34.5. The lowest BCUT2D eigenvalue weighted by Gasteiger charge is -2.11. The maximum Gasteiger partial charge on any atom is 0.338 e. The normalized spacial score (nSPS) is 11.5. The molecule has 0 aromatic heterocycles. The number of amides is 3. The molecule has 6 nitrogen and oxygen atoms in total. The summed E-state index contributed by atoms with van der Waals surface area (Å²) in [6.07, 6.45) is 0.718. The van der Waals surface area contributed by atoms with Crippen molar-refractivity contribution in [3.8, 4) is 0 Å². The molecule has 22 heavy (non-hydrogen) atoms. The van der Waals surface area contributed by atoms with Crippen LogP contribution < -0.4 is 10.6 Å². The van der Waals surface area contributed by atoms with Crippen LogP contribution in [0.4, 0.5) is 9.18 Å². The molecule has 1 aromatic carbocycles. The van der Waals surface area contributed by atoms with Gasteiger partial charge in [-0.3, -0.25) is 10.1 Å². The number of hydrogen-bond donors (Lipinski definition) is 2. The van der Waals surface area contributed by atoms with E-state index in [1.54, 1.807) is 13.8 Å². The first kappa shape index (κ1) is 17.6. The summed E-state index contributed by atoms with van der Waals surface area (Å²) in [5, 5.41) is 4.56. The second-order valence-corrected chi connectivity index (χ2v) is 4.87. The molecule has 0 aliphatic rings. The van der Waals surface area contributed by atoms with Crippen molar-refractivity contribution in [3.05, 3.63) is 35.1 Å². The number of carbonyl (C=O) groups excluding carboxylic acids is 3. The minimum atomic E-state index is -0.837. The van der Waals surface area contributed by atoms with E-state index in [0.717, 1.165) is 12.5 Å². The number of ether oxygens (including phenoxy) is 1. The van der Waals surface area contributed by atoms with Gasteiger partial charge < -0.3 is 10.1 Å². The van der Waals surface area contributed by atoms with Crippen LogP contribution in [0.5, 0.6) is 0 Å². The number of benzene rings is 1. The van der Waals surface area contributed by atoms with Crippen molar-refractivity contribution < 1.29 is 23.5 Å². The van der Waals surface area contributed by atoms with Crippen molar-refractivity contribution in [1.82, 2.24) is 10.6 Å². The summed E-state index contributed by atoms with van der Waals surface area (Å²) in [7, 11) is 0. The molecule has 0 heterocycles. The summed E-state index contributed by atoms with van der Waals surface area (Å²) in [6, 6.07) is 3.13. The third kappa shape index (κ3) is 5.51. The van der Waals surface area contributed by atoms with Gasteiger partial charge in [-0.25, -0.2) is 14.0 Å². The number of imide groups is 1. The average molecular weight is 310 g/mol. The standard InChI is InChI=1S/C15H19FN2O4/c1-4-10(3)17-15(21)18-13(19)8-22-14(20)11-6-5-9(2)12(16)7-11/h5-7,10H,4,8H2,1-3H3,(H2,17,18,19,21)/t10-/m1/s1. The van der Waals surface area contributed by atoms with E-state index in [-0.39, 0.29) is 11.6 Å². The number of halogens is 1. The van der Waals surface area contributed by atoms with Gasteiger partial charge in [-0.1, -0.05) is 13.0 Å². The third-order valence-electron chi connectivity index (χ3n) is 2.98. The fourth-order valence-corrected chi connectivity index (χ4v) is 1.46. The van der Waals surface area contributed by atoms with Crippen molar-refractivity contribution in [2.24, 2.45) is 0 Å². The molecule has 1 atom stereocenters. The van der Waals surface area contributed by atoms with Gasteiger partial charge >= 0.3 is 12.0 Å². The van der Waals surface area contributed by atoms with Gasteiger partial charge in [-0.15, -0.1) is 0 Å². The molecule has 3 amide bonds. The van der Waals surface area contributed by atoms with Crippen molar-refractivity contribution in [3.63, 3.8) is 0 Å². The van der Waals surface area contributed by atoms with Crippen LogP contribution in [-0.4, -0.2) is 30.6 Å². The molecule has 1 rings (SSSR count). The Hall–Kier alpha value is -2.44. The Labute approximate surface area is 128 Å². The maximum atomic E-state index is 13.3. The van der Waals surface area contributed by atoms with Crippen molar-refractivity contribution in [1.29, 1.82) is 0 Å². The molecule has 0 fully saturated rings. The van der Waals surface area contributed by atoms with Gasteiger partial charge in [0.25, 0.3) is 5.91 Å². The number of carbonyl (C=O) groups is 3. The predicted molar refractivity (Wildman–Crippen MR) is 77.8 cm³/mol. The molecule has 0 bridgehead atoms. The fourth-order valence-electron chi connectivity index (χ4n) is 1.46. The molecular formula is C15H19FN2O4. The molecule has 1 aromatic rings. The summed E-state index contributed by atoms with van der Waals surface area (Å²) >= 11 is 0. The highest BCUT2D eigenvalue weighted by Gasteiger charge is 2.14. The Balaban J connectivity index is 2.45. The van der Waals surface area contributed by atoms with Crippen LogP contribution in [0.1, 0.15) is 36.2 Å². The van der Waals surface area contributed by atoms with Crippen LogP contribution >= 0.6 is 0 Å². The van der Waals surface area contributed by atoms with E-state index in [4.69, 9.17) is 4.74 Å². The number of hydrogen-bond acceptors (Lipinski definition) is 4. The van der Waals surface area contributed by atoms with Gasteiger partial charge in [0.15, 0.2) is 6.61 Å². The molecule has 0 aliphatic heterocycles. The topological polar surface area (TPSA) is 84.5 Å². The first-order valence-corrected chi connectivity index (χ1v) is 6.87. The number of rotatable bonds is 5. The maximum absolute atomic E-state index is 13.3. The molecule has 0 saturated carbocycles. The number of nitrogens with one attached hydrogen (secondary N) is 2. The van der Waals surface area contributed by atoms with Crippen LogP contribution in [0, 0.1) is 12.7 Å². The second-order valence-electron chi connectivity index (χ2n) is 4.87. The lowest BCUT2D eigenvalue weighted by molar-refractivity contribution is -0.123. The van der Waals surface area contributed by atoms with E-state index in [0.29, 0.717) is 5.56 Å². The molecule has 0 unspecified atom stereocenters. The van der Waals surface area contributed by atoms with Crippen LogP contribution in [0.2, 0.25) is 0 Å². The smallest absolute Gasteiger partial charge is 0.338 e. The Bertz CT molecular complexity index is 575. The quantitative estimate of drug-likeness (QED) is 0.814. The Morgan fingerprint density at radius 1 is 1.32 bits per heavy atom. The number of urea groups is 1. The Morgan fingerprint density at radius 2 is 2.00 bits per heavy atom. The molecule has 120 valence electrons. The van der Waals surface area contributed by atoms with E-state index in [1.807, 2.05) is 12.2 Å². The van der Waals surface area contributed by atoms with Crippen LogP contribution in [0.3, 0.4) is 0 Å². The Morgan fingerprint density at radius 3 is 2.59 bits per heavy atom. The summed E-state index contributed by atoms with van der Waals surface area (Å²) in [5.74, 6) is -2.13. The summed E-state index contributed by atoms with van der Waals surface area (Å²) < 4.78 is 18.0. The van der Waals surface area contributed by atoms with Crippen molar-refractivity contribution >= 4 is 17.9 Å². The molecular weight excluding hydrogens is 291 g/mol. The van der Waals surface area contributed by atoms with E-state index in [2.05, 4.69) is 5.32 Å². The van der Waals surface area contributed by atoms with Crippen molar-refractivity contribution in [2.45, 2.75) is 33.2 Å². The molecule has 0 spiro atoms. The molecule has 2 N–H and O–H groups in total. The van der Waals surface area contributed by atoms with Gasteiger partial charge in [-0.2, -0.15) is 0 Å². The lowest BCUT2D eigenvalue weighted by atomic mass is 10.1. The molecule has 7 heteroatoms. The summed E-state index contributed by atoms with van der Waals surface area (Å²) in [5.41, 5.74) is 0.399. The van der Waals surface area contributed by atoms with Gasteiger partial charge in [-0.05, 0) is 38.0 Å². The fraction of sp³-hybridized carbons (Fsp3) is 0.400. The van der Waals surface area contributed by atoms with Gasteiger partial charge in [0.1, 0.15) is 5.82 Å². The highest BCUT2D eigenvalue weighted by Crippen LogP contribution is 2.10. The predicted octanol–water partition coefficient (Wildman–Crippen LogP) is 1.92. The third-order valence-corrected chi connectivity index (χ3v) is 2.98. The summed E-state index contributed by atoms with van der Waals surface area (Å²) in [6.45, 7) is 4.61. The van der Waals surface area contributed by atoms with Gasteiger partial charge in [0.2, 0.25) is 0 Å². The lowest BCUT2D eigenvalue weighted by Crippen LogP contribution is -2.44. The number of aryl methyl sites for hydroxylation is 1. The molecule has 0 aliphatic carbocycles. The largest absolute Gasteiger partial charge is 0.452 e. The van der Waals surface area contributed by atoms with Crippen LogP contribution in [-0.2, 0) is 9.53 Å². The minimum Gasteiger partial charge on any atom is -0.452 e. The SMILES string of the molecule is CC[C@@H](C)NC(=O)NC(=O)COC(=O)c1ccc(C)c(F)c1. The first-order valence-electron chi connectivity index (χ1n) is 6.87. The molecule has 0 saturated heterocycles. The van der Waals surface area contributed by atoms with E-state index in [9.17, 15) is 18.8 Å². The number of esters is 1. The van der Waals surface area contributed by atoms with E-state index < -0.39 is 30.3 Å². The monoisotopic (exact) mass is 310 g/mol.